The molecule has 21 heavy (non-hydrogen) atoms. The Balaban J connectivity index is 2.04. The smallest absolute Gasteiger partial charge is 0.243 e. The number of sulfonamides is 1. The predicted molar refractivity (Wildman–Crippen MR) is 84.9 cm³/mol. The monoisotopic (exact) mass is 374 g/mol. The Hall–Kier alpha value is -0.920. The summed E-state index contributed by atoms with van der Waals surface area (Å²) in [6.45, 7) is 3.53. The molecule has 7 heteroatoms. The van der Waals surface area contributed by atoms with E-state index in [9.17, 15) is 13.2 Å². The molecule has 1 saturated heterocycles. The second-order valence-corrected chi connectivity index (χ2v) is 7.77. The number of piperazine rings is 1. The molecule has 0 aromatic heterocycles. The van der Waals surface area contributed by atoms with Crippen molar-refractivity contribution in [2.75, 3.05) is 31.5 Å². The fourth-order valence-electron chi connectivity index (χ4n) is 2.28. The van der Waals surface area contributed by atoms with Crippen molar-refractivity contribution in [3.05, 3.63) is 29.8 Å². The first kappa shape index (κ1) is 16.5. The number of nitrogens with zero attached hydrogens (tertiary/aromatic N) is 2. The van der Waals surface area contributed by atoms with Crippen molar-refractivity contribution in [2.45, 2.75) is 18.2 Å². The SMILES string of the molecule is Cc1ccc(S(=O)(=O)N2CCN(C(=O)CCBr)CC2)cc1. The summed E-state index contributed by atoms with van der Waals surface area (Å²) in [6.07, 6.45) is 0.449. The summed E-state index contributed by atoms with van der Waals surface area (Å²) in [6, 6.07) is 6.85. The lowest BCUT2D eigenvalue weighted by Crippen LogP contribution is -2.50. The Morgan fingerprint density at radius 1 is 1.14 bits per heavy atom. The van der Waals surface area contributed by atoms with E-state index >= 15 is 0 Å². The number of carbonyl (C=O) groups is 1. The van der Waals surface area contributed by atoms with E-state index in [1.54, 1.807) is 29.2 Å². The van der Waals surface area contributed by atoms with E-state index in [1.165, 1.54) is 4.31 Å². The van der Waals surface area contributed by atoms with Crippen molar-refractivity contribution >= 4 is 31.9 Å². The Morgan fingerprint density at radius 2 is 1.71 bits per heavy atom. The summed E-state index contributed by atoms with van der Waals surface area (Å²) in [4.78, 5) is 13.8. The highest BCUT2D eigenvalue weighted by Crippen LogP contribution is 2.18. The fourth-order valence-corrected chi connectivity index (χ4v) is 4.04. The van der Waals surface area contributed by atoms with Crippen LogP contribution in [0.3, 0.4) is 0 Å². The number of rotatable bonds is 4. The lowest BCUT2D eigenvalue weighted by atomic mass is 10.2. The third kappa shape index (κ3) is 3.84. The number of aryl methyl sites for hydroxylation is 1. The molecule has 1 aromatic rings. The van der Waals surface area contributed by atoms with Crippen LogP contribution in [0.1, 0.15) is 12.0 Å². The van der Waals surface area contributed by atoms with Gasteiger partial charge >= 0.3 is 0 Å². The third-order valence-electron chi connectivity index (χ3n) is 3.56. The summed E-state index contributed by atoms with van der Waals surface area (Å²) >= 11 is 3.24. The molecule has 1 amide bonds. The normalized spacial score (nSPS) is 17.0. The zero-order valence-electron chi connectivity index (χ0n) is 12.0. The van der Waals surface area contributed by atoms with Crippen molar-refractivity contribution in [2.24, 2.45) is 0 Å². The van der Waals surface area contributed by atoms with Gasteiger partial charge in [0.25, 0.3) is 0 Å². The lowest BCUT2D eigenvalue weighted by molar-refractivity contribution is -0.131. The molecule has 0 atom stereocenters. The van der Waals surface area contributed by atoms with Crippen LogP contribution in [0.4, 0.5) is 0 Å². The van der Waals surface area contributed by atoms with Gasteiger partial charge in [-0.3, -0.25) is 4.79 Å². The zero-order valence-corrected chi connectivity index (χ0v) is 14.4. The van der Waals surface area contributed by atoms with E-state index in [0.29, 0.717) is 42.8 Å². The van der Waals surface area contributed by atoms with Gasteiger partial charge in [0.2, 0.25) is 15.9 Å². The molecule has 0 unspecified atom stereocenters. The molecule has 0 bridgehead atoms. The van der Waals surface area contributed by atoms with Gasteiger partial charge in [-0.15, -0.1) is 0 Å². The minimum atomic E-state index is -3.45. The highest BCUT2D eigenvalue weighted by Gasteiger charge is 2.29. The van der Waals surface area contributed by atoms with Crippen LogP contribution in [0.2, 0.25) is 0 Å². The Bertz CT molecular complexity index is 593. The molecule has 2 rings (SSSR count). The maximum atomic E-state index is 12.5. The van der Waals surface area contributed by atoms with Crippen LogP contribution in [0.15, 0.2) is 29.2 Å². The molecule has 0 aliphatic carbocycles. The van der Waals surface area contributed by atoms with Crippen LogP contribution in [0, 0.1) is 6.92 Å². The van der Waals surface area contributed by atoms with Gasteiger partial charge in [0.1, 0.15) is 0 Å². The van der Waals surface area contributed by atoms with E-state index in [-0.39, 0.29) is 5.91 Å². The van der Waals surface area contributed by atoms with E-state index in [0.717, 1.165) is 5.56 Å². The van der Waals surface area contributed by atoms with E-state index in [2.05, 4.69) is 15.9 Å². The largest absolute Gasteiger partial charge is 0.340 e. The molecule has 0 N–H and O–H groups in total. The number of hydrogen-bond acceptors (Lipinski definition) is 3. The van der Waals surface area contributed by atoms with Crippen molar-refractivity contribution in [3.63, 3.8) is 0 Å². The molecule has 116 valence electrons. The number of benzene rings is 1. The van der Waals surface area contributed by atoms with Gasteiger partial charge in [0.05, 0.1) is 4.90 Å². The standard InChI is InChI=1S/C14H19BrN2O3S/c1-12-2-4-13(5-3-12)21(19,20)17-10-8-16(9-11-17)14(18)6-7-15/h2-5H,6-11H2,1H3. The minimum absolute atomic E-state index is 0.0688. The zero-order chi connectivity index (χ0) is 15.5. The fraction of sp³-hybridized carbons (Fsp3) is 0.500. The van der Waals surface area contributed by atoms with E-state index in [1.807, 2.05) is 6.92 Å². The van der Waals surface area contributed by atoms with Gasteiger partial charge in [-0.1, -0.05) is 33.6 Å². The van der Waals surface area contributed by atoms with Gasteiger partial charge < -0.3 is 4.90 Å². The quantitative estimate of drug-likeness (QED) is 0.752. The molecule has 0 spiro atoms. The summed E-state index contributed by atoms with van der Waals surface area (Å²) in [5, 5.41) is 0.633. The molecular weight excluding hydrogens is 356 g/mol. The molecule has 5 nitrogen and oxygen atoms in total. The average molecular weight is 375 g/mol. The Kier molecular flexibility index (Phi) is 5.40. The highest BCUT2D eigenvalue weighted by atomic mass is 79.9. The number of alkyl halides is 1. The van der Waals surface area contributed by atoms with Crippen molar-refractivity contribution in [3.8, 4) is 0 Å². The number of carbonyl (C=O) groups excluding carboxylic acids is 1. The minimum Gasteiger partial charge on any atom is -0.340 e. The van der Waals surface area contributed by atoms with Crippen LogP contribution >= 0.6 is 15.9 Å². The second-order valence-electron chi connectivity index (χ2n) is 5.04. The highest BCUT2D eigenvalue weighted by molar-refractivity contribution is 9.09. The third-order valence-corrected chi connectivity index (χ3v) is 5.87. The van der Waals surface area contributed by atoms with Gasteiger partial charge in [0, 0.05) is 37.9 Å². The molecule has 1 aliphatic rings. The van der Waals surface area contributed by atoms with Crippen LogP contribution in [0.25, 0.3) is 0 Å². The maximum absolute atomic E-state index is 12.5. The van der Waals surface area contributed by atoms with Crippen LogP contribution < -0.4 is 0 Å². The predicted octanol–water partition coefficient (Wildman–Crippen LogP) is 1.61. The molecule has 1 aromatic carbocycles. The van der Waals surface area contributed by atoms with E-state index < -0.39 is 10.0 Å². The van der Waals surface area contributed by atoms with Gasteiger partial charge in [0.15, 0.2) is 0 Å². The van der Waals surface area contributed by atoms with E-state index in [4.69, 9.17) is 0 Å². The van der Waals surface area contributed by atoms with Crippen molar-refractivity contribution in [1.29, 1.82) is 0 Å². The van der Waals surface area contributed by atoms with Crippen LogP contribution in [-0.4, -0.2) is 55.0 Å². The van der Waals surface area contributed by atoms with Crippen molar-refractivity contribution < 1.29 is 13.2 Å². The van der Waals surface area contributed by atoms with Gasteiger partial charge in [-0.2, -0.15) is 4.31 Å². The topological polar surface area (TPSA) is 57.7 Å². The second kappa shape index (κ2) is 6.89. The van der Waals surface area contributed by atoms with Gasteiger partial charge in [-0.25, -0.2) is 8.42 Å². The Labute approximate surface area is 134 Å². The summed E-state index contributed by atoms with van der Waals surface area (Å²) in [5.41, 5.74) is 1.03. The lowest BCUT2D eigenvalue weighted by Gasteiger charge is -2.34. The molecule has 1 heterocycles. The summed E-state index contributed by atoms with van der Waals surface area (Å²) in [7, 11) is -3.45. The molecule has 1 fully saturated rings. The molecule has 1 aliphatic heterocycles. The summed E-state index contributed by atoms with van der Waals surface area (Å²) < 4.78 is 26.5. The molecular formula is C14H19BrN2O3S. The number of hydrogen-bond donors (Lipinski definition) is 0. The molecule has 0 radical (unpaired) electrons. The number of amides is 1. The maximum Gasteiger partial charge on any atom is 0.243 e. The van der Waals surface area contributed by atoms with Crippen LogP contribution in [-0.2, 0) is 14.8 Å². The van der Waals surface area contributed by atoms with Crippen molar-refractivity contribution in [1.82, 2.24) is 9.21 Å². The molecule has 0 saturated carbocycles. The number of halogens is 1. The average Bonchev–Trinajstić information content (AvgIpc) is 2.48. The first-order valence-corrected chi connectivity index (χ1v) is 9.42. The summed E-state index contributed by atoms with van der Waals surface area (Å²) in [5.74, 6) is 0.0688. The Morgan fingerprint density at radius 3 is 2.24 bits per heavy atom. The van der Waals surface area contributed by atoms with Gasteiger partial charge in [-0.05, 0) is 19.1 Å². The van der Waals surface area contributed by atoms with Crippen LogP contribution in [0.5, 0.6) is 0 Å². The first-order chi connectivity index (χ1) is 9.95. The first-order valence-electron chi connectivity index (χ1n) is 6.85.